The topological polar surface area (TPSA) is 42.7 Å². The zero-order valence-electron chi connectivity index (χ0n) is 11.7. The smallest absolute Gasteiger partial charge is 0.0794 e. The van der Waals surface area contributed by atoms with Crippen molar-refractivity contribution in [2.45, 2.75) is 19.4 Å². The van der Waals surface area contributed by atoms with E-state index in [4.69, 9.17) is 0 Å². The minimum absolute atomic E-state index is 0.283. The highest BCUT2D eigenvalue weighted by molar-refractivity contribution is 7.09. The molecule has 0 aliphatic carbocycles. The number of nitrogens with one attached hydrogen (secondary N) is 1. The molecule has 0 bridgehead atoms. The Morgan fingerprint density at radius 1 is 1.35 bits per heavy atom. The van der Waals surface area contributed by atoms with Gasteiger partial charge in [-0.2, -0.15) is 5.10 Å². The van der Waals surface area contributed by atoms with Crippen LogP contribution in [0.1, 0.15) is 23.5 Å². The molecule has 0 radical (unpaired) electrons. The second-order valence-electron chi connectivity index (χ2n) is 4.81. The van der Waals surface area contributed by atoms with Crippen molar-refractivity contribution in [2.75, 3.05) is 6.54 Å². The van der Waals surface area contributed by atoms with Crippen LogP contribution in [-0.2, 0) is 13.5 Å². The fourth-order valence-corrected chi connectivity index (χ4v) is 3.25. The SMILES string of the molecule is CCNC(Cc1nn(C)c2ccccc12)c1cncs1. The highest BCUT2D eigenvalue weighted by Crippen LogP contribution is 2.25. The third-order valence-electron chi connectivity index (χ3n) is 3.48. The van der Waals surface area contributed by atoms with Gasteiger partial charge in [0.2, 0.25) is 0 Å². The van der Waals surface area contributed by atoms with Crippen LogP contribution in [0.4, 0.5) is 0 Å². The Balaban J connectivity index is 1.94. The maximum absolute atomic E-state index is 4.68. The number of thiazole rings is 1. The first-order chi connectivity index (χ1) is 9.79. The minimum atomic E-state index is 0.283. The molecule has 0 fully saturated rings. The molecule has 2 aromatic heterocycles. The van der Waals surface area contributed by atoms with E-state index >= 15 is 0 Å². The number of benzene rings is 1. The number of likely N-dealkylation sites (N-methyl/N-ethyl adjacent to an activating group) is 1. The van der Waals surface area contributed by atoms with Crippen molar-refractivity contribution < 1.29 is 0 Å². The summed E-state index contributed by atoms with van der Waals surface area (Å²) in [4.78, 5) is 5.45. The molecular formula is C15H18N4S. The van der Waals surface area contributed by atoms with Gasteiger partial charge in [0, 0.05) is 36.0 Å². The number of hydrogen-bond acceptors (Lipinski definition) is 4. The molecule has 1 atom stereocenters. The zero-order valence-corrected chi connectivity index (χ0v) is 12.5. The Morgan fingerprint density at radius 3 is 2.95 bits per heavy atom. The second-order valence-corrected chi connectivity index (χ2v) is 5.72. The summed E-state index contributed by atoms with van der Waals surface area (Å²) in [6.45, 7) is 3.07. The lowest BCUT2D eigenvalue weighted by atomic mass is 10.1. The number of fused-ring (bicyclic) bond motifs is 1. The Hall–Kier alpha value is -1.72. The van der Waals surface area contributed by atoms with Gasteiger partial charge in [0.25, 0.3) is 0 Å². The van der Waals surface area contributed by atoms with Crippen LogP contribution in [0, 0.1) is 0 Å². The van der Waals surface area contributed by atoms with E-state index < -0.39 is 0 Å². The maximum atomic E-state index is 4.68. The first-order valence-electron chi connectivity index (χ1n) is 6.82. The van der Waals surface area contributed by atoms with E-state index in [0.717, 1.165) is 18.7 Å². The molecule has 1 N–H and O–H groups in total. The van der Waals surface area contributed by atoms with E-state index in [1.807, 2.05) is 23.4 Å². The summed E-state index contributed by atoms with van der Waals surface area (Å²) in [5, 5.41) is 9.45. The van der Waals surface area contributed by atoms with Gasteiger partial charge >= 0.3 is 0 Å². The Labute approximate surface area is 122 Å². The van der Waals surface area contributed by atoms with E-state index in [-0.39, 0.29) is 6.04 Å². The lowest BCUT2D eigenvalue weighted by Crippen LogP contribution is -2.22. The number of rotatable bonds is 5. The molecule has 1 unspecified atom stereocenters. The van der Waals surface area contributed by atoms with Gasteiger partial charge in [-0.05, 0) is 12.6 Å². The third-order valence-corrected chi connectivity index (χ3v) is 4.37. The lowest BCUT2D eigenvalue weighted by Gasteiger charge is -2.14. The lowest BCUT2D eigenvalue weighted by molar-refractivity contribution is 0.548. The quantitative estimate of drug-likeness (QED) is 0.784. The van der Waals surface area contributed by atoms with Crippen LogP contribution in [0.3, 0.4) is 0 Å². The van der Waals surface area contributed by atoms with E-state index in [0.29, 0.717) is 0 Å². The summed E-state index contributed by atoms with van der Waals surface area (Å²) in [6, 6.07) is 8.67. The largest absolute Gasteiger partial charge is 0.309 e. The monoisotopic (exact) mass is 286 g/mol. The predicted molar refractivity (Wildman–Crippen MR) is 82.9 cm³/mol. The third kappa shape index (κ3) is 2.46. The van der Waals surface area contributed by atoms with Crippen LogP contribution in [0.15, 0.2) is 36.0 Å². The van der Waals surface area contributed by atoms with Gasteiger partial charge in [-0.15, -0.1) is 11.3 Å². The molecule has 0 saturated carbocycles. The van der Waals surface area contributed by atoms with Crippen LogP contribution >= 0.6 is 11.3 Å². The molecule has 3 aromatic rings. The maximum Gasteiger partial charge on any atom is 0.0794 e. The Kier molecular flexibility index (Phi) is 3.80. The normalized spacial score (nSPS) is 12.9. The Bertz CT molecular complexity index is 687. The van der Waals surface area contributed by atoms with Gasteiger partial charge in [0.15, 0.2) is 0 Å². The van der Waals surface area contributed by atoms with Crippen molar-refractivity contribution in [3.8, 4) is 0 Å². The molecule has 4 nitrogen and oxygen atoms in total. The number of aryl methyl sites for hydroxylation is 1. The molecule has 0 aliphatic rings. The minimum Gasteiger partial charge on any atom is -0.309 e. The zero-order chi connectivity index (χ0) is 13.9. The summed E-state index contributed by atoms with van der Waals surface area (Å²) in [6.07, 6.45) is 2.83. The Morgan fingerprint density at radius 2 is 2.20 bits per heavy atom. The first-order valence-corrected chi connectivity index (χ1v) is 7.70. The van der Waals surface area contributed by atoms with Crippen molar-refractivity contribution in [1.82, 2.24) is 20.1 Å². The van der Waals surface area contributed by atoms with Gasteiger partial charge in [-0.25, -0.2) is 0 Å². The highest BCUT2D eigenvalue weighted by atomic mass is 32.1. The average Bonchev–Trinajstić information content (AvgIpc) is 3.08. The van der Waals surface area contributed by atoms with E-state index in [2.05, 4.69) is 46.6 Å². The summed E-state index contributed by atoms with van der Waals surface area (Å²) in [5.74, 6) is 0. The fraction of sp³-hybridized carbons (Fsp3) is 0.333. The van der Waals surface area contributed by atoms with E-state index in [1.165, 1.54) is 15.8 Å². The predicted octanol–water partition coefficient (Wildman–Crippen LogP) is 2.92. The number of para-hydroxylation sites is 1. The van der Waals surface area contributed by atoms with E-state index in [9.17, 15) is 0 Å². The molecule has 0 aliphatic heterocycles. The number of hydrogen-bond donors (Lipinski definition) is 1. The summed E-state index contributed by atoms with van der Waals surface area (Å²) in [5.41, 5.74) is 4.21. The van der Waals surface area contributed by atoms with Crippen molar-refractivity contribution in [3.05, 3.63) is 46.5 Å². The first kappa shape index (κ1) is 13.3. The molecule has 1 aromatic carbocycles. The molecule has 0 amide bonds. The fourth-order valence-electron chi connectivity index (χ4n) is 2.55. The molecule has 0 saturated heterocycles. The molecule has 5 heteroatoms. The van der Waals surface area contributed by atoms with Gasteiger partial charge < -0.3 is 5.32 Å². The van der Waals surface area contributed by atoms with Crippen molar-refractivity contribution in [2.24, 2.45) is 7.05 Å². The molecular weight excluding hydrogens is 268 g/mol. The molecule has 20 heavy (non-hydrogen) atoms. The number of aromatic nitrogens is 3. The van der Waals surface area contributed by atoms with Crippen LogP contribution in [0.25, 0.3) is 10.9 Å². The van der Waals surface area contributed by atoms with Gasteiger partial charge in [0.05, 0.1) is 16.7 Å². The molecule has 0 spiro atoms. The summed E-state index contributed by atoms with van der Waals surface area (Å²) < 4.78 is 1.96. The highest BCUT2D eigenvalue weighted by Gasteiger charge is 2.17. The van der Waals surface area contributed by atoms with Crippen LogP contribution in [-0.4, -0.2) is 21.3 Å². The average molecular weight is 286 g/mol. The van der Waals surface area contributed by atoms with Gasteiger partial charge in [-0.3, -0.25) is 9.67 Å². The number of nitrogens with zero attached hydrogens (tertiary/aromatic N) is 3. The van der Waals surface area contributed by atoms with Crippen molar-refractivity contribution in [3.63, 3.8) is 0 Å². The molecule has 104 valence electrons. The van der Waals surface area contributed by atoms with Crippen LogP contribution in [0.5, 0.6) is 0 Å². The van der Waals surface area contributed by atoms with Crippen molar-refractivity contribution >= 4 is 22.2 Å². The van der Waals surface area contributed by atoms with Gasteiger partial charge in [0.1, 0.15) is 0 Å². The molecule has 3 rings (SSSR count). The summed E-state index contributed by atoms with van der Waals surface area (Å²) in [7, 11) is 2.00. The van der Waals surface area contributed by atoms with Crippen LogP contribution < -0.4 is 5.32 Å². The second kappa shape index (κ2) is 5.73. The van der Waals surface area contributed by atoms with Crippen molar-refractivity contribution in [1.29, 1.82) is 0 Å². The molecule has 2 heterocycles. The summed E-state index contributed by atoms with van der Waals surface area (Å²) >= 11 is 1.69. The van der Waals surface area contributed by atoms with E-state index in [1.54, 1.807) is 11.3 Å². The van der Waals surface area contributed by atoms with Gasteiger partial charge in [-0.1, -0.05) is 25.1 Å². The van der Waals surface area contributed by atoms with Crippen LogP contribution in [0.2, 0.25) is 0 Å². The standard InChI is InChI=1S/C15H18N4S/c1-3-17-13(15-9-16-10-20-15)8-12-11-6-4-5-7-14(11)19(2)18-12/h4-7,9-10,13,17H,3,8H2,1-2H3.